The molecule has 0 fully saturated rings. The molecule has 2 N–H and O–H groups in total. The maximum absolute atomic E-state index is 11.9. The van der Waals surface area contributed by atoms with Crippen molar-refractivity contribution in [2.75, 3.05) is 6.61 Å². The Hall–Kier alpha value is -2.22. The lowest BCUT2D eigenvalue weighted by Crippen LogP contribution is -2.15. The molecule has 0 aliphatic rings. The Balaban J connectivity index is 2.37. The third-order valence-corrected chi connectivity index (χ3v) is 4.21. The maximum Gasteiger partial charge on any atom is 0.372 e. The van der Waals surface area contributed by atoms with Crippen LogP contribution >= 0.6 is 11.3 Å². The summed E-state index contributed by atoms with van der Waals surface area (Å²) in [6.07, 6.45) is 0.652. The van der Waals surface area contributed by atoms with E-state index in [1.807, 2.05) is 0 Å². The van der Waals surface area contributed by atoms with Crippen molar-refractivity contribution in [2.45, 2.75) is 26.7 Å². The number of rotatable bonds is 5. The number of aromatic amines is 1. The van der Waals surface area contributed by atoms with Gasteiger partial charge < -0.3 is 14.8 Å². The van der Waals surface area contributed by atoms with E-state index in [1.165, 1.54) is 11.3 Å². The molecule has 0 saturated heterocycles. The van der Waals surface area contributed by atoms with Gasteiger partial charge in [-0.2, -0.15) is 0 Å². The number of nitrogens with zero attached hydrogens (tertiary/aromatic N) is 1. The Morgan fingerprint density at radius 2 is 2.14 bits per heavy atom. The third-order valence-electron chi connectivity index (χ3n) is 2.96. The zero-order valence-electron chi connectivity index (χ0n) is 11.6. The summed E-state index contributed by atoms with van der Waals surface area (Å²) in [5.74, 6) is -1.97. The largest absolute Gasteiger partial charge is 0.475 e. The van der Waals surface area contributed by atoms with Crippen molar-refractivity contribution < 1.29 is 19.4 Å². The van der Waals surface area contributed by atoms with E-state index in [-0.39, 0.29) is 18.2 Å². The Morgan fingerprint density at radius 3 is 2.76 bits per heavy atom. The Bertz CT molecular complexity index is 762. The van der Waals surface area contributed by atoms with Crippen molar-refractivity contribution in [3.05, 3.63) is 26.6 Å². The number of hydrogen-bond donors (Lipinski definition) is 2. The monoisotopic (exact) mass is 310 g/mol. The molecule has 0 amide bonds. The molecule has 0 aliphatic carbocycles. The first kappa shape index (κ1) is 15.2. The first-order chi connectivity index (χ1) is 9.93. The second kappa shape index (κ2) is 6.04. The summed E-state index contributed by atoms with van der Waals surface area (Å²) in [4.78, 5) is 41.6. The Morgan fingerprint density at radius 1 is 1.43 bits per heavy atom. The molecule has 0 atom stereocenters. The Kier molecular flexibility index (Phi) is 4.37. The fourth-order valence-electron chi connectivity index (χ4n) is 1.98. The first-order valence-electron chi connectivity index (χ1n) is 6.35. The zero-order valence-corrected chi connectivity index (χ0v) is 12.4. The molecule has 7 nitrogen and oxygen atoms in total. The van der Waals surface area contributed by atoms with Crippen LogP contribution in [0.5, 0.6) is 0 Å². The summed E-state index contributed by atoms with van der Waals surface area (Å²) >= 11 is 1.23. The van der Waals surface area contributed by atoms with E-state index in [9.17, 15) is 14.4 Å². The van der Waals surface area contributed by atoms with E-state index in [4.69, 9.17) is 9.84 Å². The van der Waals surface area contributed by atoms with Crippen LogP contribution in [0.2, 0.25) is 0 Å². The Labute approximate surface area is 123 Å². The average Bonchev–Trinajstić information content (AvgIpc) is 2.73. The van der Waals surface area contributed by atoms with E-state index in [0.717, 1.165) is 10.4 Å². The molecule has 2 aromatic rings. The molecular formula is C13H14N2O5S. The number of hydrogen-bond acceptors (Lipinski definition) is 6. The highest BCUT2D eigenvalue weighted by Crippen LogP contribution is 2.28. The number of esters is 1. The highest BCUT2D eigenvalue weighted by molar-refractivity contribution is 7.18. The second-order valence-corrected chi connectivity index (χ2v) is 5.44. The summed E-state index contributed by atoms with van der Waals surface area (Å²) in [7, 11) is 0. The minimum Gasteiger partial charge on any atom is -0.475 e. The fraction of sp³-hybridized carbons (Fsp3) is 0.385. The van der Waals surface area contributed by atoms with Crippen molar-refractivity contribution >= 4 is 33.5 Å². The second-order valence-electron chi connectivity index (χ2n) is 4.36. The molecule has 0 unspecified atom stereocenters. The van der Waals surface area contributed by atoms with Crippen molar-refractivity contribution in [2.24, 2.45) is 0 Å². The predicted octanol–water partition coefficient (Wildman–Crippen LogP) is 1.49. The predicted molar refractivity (Wildman–Crippen MR) is 76.9 cm³/mol. The quantitative estimate of drug-likeness (QED) is 0.810. The van der Waals surface area contributed by atoms with E-state index in [0.29, 0.717) is 23.2 Å². The number of nitrogens with one attached hydrogen (secondary N) is 1. The topological polar surface area (TPSA) is 109 Å². The van der Waals surface area contributed by atoms with Gasteiger partial charge >= 0.3 is 11.9 Å². The van der Waals surface area contributed by atoms with Crippen LogP contribution in [0.15, 0.2) is 4.79 Å². The SMILES string of the molecule is CCOC(=O)CCc1sc2nc(C(=O)O)[nH]c(=O)c2c1C. The molecule has 8 heteroatoms. The first-order valence-corrected chi connectivity index (χ1v) is 7.16. The van der Waals surface area contributed by atoms with Crippen LogP contribution < -0.4 is 5.56 Å². The average molecular weight is 310 g/mol. The van der Waals surface area contributed by atoms with Gasteiger partial charge in [-0.1, -0.05) is 0 Å². The number of ether oxygens (including phenoxy) is 1. The fourth-order valence-corrected chi connectivity index (χ4v) is 3.16. The lowest BCUT2D eigenvalue weighted by Gasteiger charge is -2.00. The molecular weight excluding hydrogens is 296 g/mol. The van der Waals surface area contributed by atoms with Crippen LogP contribution in [0.4, 0.5) is 0 Å². The van der Waals surface area contributed by atoms with Crippen molar-refractivity contribution in [3.63, 3.8) is 0 Å². The van der Waals surface area contributed by atoms with Gasteiger partial charge in [0.25, 0.3) is 5.56 Å². The minimum atomic E-state index is -1.28. The standard InChI is InChI=1S/C13H14N2O5S/c1-3-20-8(16)5-4-7-6(2)9-11(17)14-10(13(18)19)15-12(9)21-7/h3-5H2,1-2H3,(H,18,19)(H,14,15,17). The molecule has 112 valence electrons. The highest BCUT2D eigenvalue weighted by atomic mass is 32.1. The number of aromatic nitrogens is 2. The van der Waals surface area contributed by atoms with E-state index in [2.05, 4.69) is 9.97 Å². The lowest BCUT2D eigenvalue weighted by atomic mass is 10.1. The molecule has 2 aromatic heterocycles. The molecule has 2 rings (SSSR count). The van der Waals surface area contributed by atoms with E-state index in [1.54, 1.807) is 13.8 Å². The number of thiophene rings is 1. The van der Waals surface area contributed by atoms with Gasteiger partial charge in [0, 0.05) is 4.88 Å². The van der Waals surface area contributed by atoms with Gasteiger partial charge in [-0.05, 0) is 25.8 Å². The van der Waals surface area contributed by atoms with E-state index >= 15 is 0 Å². The normalized spacial score (nSPS) is 10.8. The number of carboxylic acids is 1. The third kappa shape index (κ3) is 3.10. The summed E-state index contributed by atoms with van der Waals surface area (Å²) < 4.78 is 4.86. The molecule has 2 heterocycles. The molecule has 21 heavy (non-hydrogen) atoms. The number of fused-ring (bicyclic) bond motifs is 1. The smallest absolute Gasteiger partial charge is 0.372 e. The van der Waals surface area contributed by atoms with Crippen molar-refractivity contribution in [1.82, 2.24) is 9.97 Å². The number of carboxylic acid groups (broad SMARTS) is 1. The summed E-state index contributed by atoms with van der Waals surface area (Å²) in [5, 5.41) is 9.27. The maximum atomic E-state index is 11.9. The molecule has 0 saturated carbocycles. The van der Waals surface area contributed by atoms with Crippen molar-refractivity contribution in [1.29, 1.82) is 0 Å². The van der Waals surface area contributed by atoms with Crippen LogP contribution in [-0.4, -0.2) is 33.6 Å². The molecule has 0 aromatic carbocycles. The highest BCUT2D eigenvalue weighted by Gasteiger charge is 2.17. The van der Waals surface area contributed by atoms with Crippen LogP contribution in [0.25, 0.3) is 10.2 Å². The van der Waals surface area contributed by atoms with Gasteiger partial charge in [0.1, 0.15) is 4.83 Å². The minimum absolute atomic E-state index is 0.213. The number of carbonyl (C=O) groups is 2. The van der Waals surface area contributed by atoms with Crippen LogP contribution in [0, 0.1) is 6.92 Å². The summed E-state index contributed by atoms with van der Waals surface area (Å²) in [5.41, 5.74) is 0.249. The van der Waals surface area contributed by atoms with Gasteiger partial charge in [0.2, 0.25) is 5.82 Å². The van der Waals surface area contributed by atoms with Gasteiger partial charge in [0.05, 0.1) is 18.4 Å². The number of carbonyl (C=O) groups excluding carboxylic acids is 1. The van der Waals surface area contributed by atoms with Crippen molar-refractivity contribution in [3.8, 4) is 0 Å². The van der Waals surface area contributed by atoms with Crippen LogP contribution in [0.1, 0.15) is 34.4 Å². The van der Waals surface area contributed by atoms with Crippen LogP contribution in [-0.2, 0) is 16.0 Å². The van der Waals surface area contributed by atoms with Gasteiger partial charge in [0.15, 0.2) is 0 Å². The molecule has 0 bridgehead atoms. The van der Waals surface area contributed by atoms with Crippen LogP contribution in [0.3, 0.4) is 0 Å². The number of H-pyrrole nitrogens is 1. The summed E-state index contributed by atoms with van der Waals surface area (Å²) in [6.45, 7) is 3.82. The molecule has 0 aliphatic heterocycles. The lowest BCUT2D eigenvalue weighted by molar-refractivity contribution is -0.143. The number of aryl methyl sites for hydroxylation is 2. The zero-order chi connectivity index (χ0) is 15.6. The van der Waals surface area contributed by atoms with E-state index < -0.39 is 11.5 Å². The molecule has 0 radical (unpaired) electrons. The van der Waals surface area contributed by atoms with Gasteiger partial charge in [-0.15, -0.1) is 11.3 Å². The molecule has 0 spiro atoms. The number of aromatic carboxylic acids is 1. The summed E-state index contributed by atoms with van der Waals surface area (Å²) in [6, 6.07) is 0. The van der Waals surface area contributed by atoms with Gasteiger partial charge in [-0.25, -0.2) is 9.78 Å². The van der Waals surface area contributed by atoms with Gasteiger partial charge in [-0.3, -0.25) is 9.59 Å².